The van der Waals surface area contributed by atoms with Crippen molar-refractivity contribution in [2.75, 3.05) is 19.6 Å². The number of aliphatic carboxylic acids is 1. The molecule has 0 aromatic carbocycles. The summed E-state index contributed by atoms with van der Waals surface area (Å²) in [6.07, 6.45) is 3.63. The molecule has 0 saturated heterocycles. The minimum atomic E-state index is -1.62. The van der Waals surface area contributed by atoms with Crippen LogP contribution in [0.1, 0.15) is 26.2 Å². The van der Waals surface area contributed by atoms with Gasteiger partial charge in [-0.05, 0) is 30.5 Å². The maximum atomic E-state index is 11.8. The van der Waals surface area contributed by atoms with Gasteiger partial charge in [-0.15, -0.1) is 0 Å². The second-order valence-corrected chi connectivity index (χ2v) is 6.67. The molecule has 2 atom stereocenters. The number of carboxylic acid groups (broad SMARTS) is 1. The van der Waals surface area contributed by atoms with Gasteiger partial charge in [0.05, 0.1) is 11.8 Å². The number of nitrogens with one attached hydrogen (secondary N) is 2. The van der Waals surface area contributed by atoms with Crippen molar-refractivity contribution in [3.63, 3.8) is 0 Å². The summed E-state index contributed by atoms with van der Waals surface area (Å²) < 4.78 is 0. The number of amides is 1. The van der Waals surface area contributed by atoms with Crippen LogP contribution in [0.15, 0.2) is 28.4 Å². The topological polar surface area (TPSA) is 111 Å². The van der Waals surface area contributed by atoms with E-state index in [4.69, 9.17) is 11.6 Å². The van der Waals surface area contributed by atoms with Crippen molar-refractivity contribution >= 4 is 29.2 Å². The summed E-state index contributed by atoms with van der Waals surface area (Å²) in [7, 11) is 0. The van der Waals surface area contributed by atoms with Gasteiger partial charge in [-0.3, -0.25) is 9.79 Å². The van der Waals surface area contributed by atoms with Gasteiger partial charge >= 0.3 is 5.97 Å². The Bertz CT molecular complexity index is 614. The van der Waals surface area contributed by atoms with Gasteiger partial charge in [0.1, 0.15) is 0 Å². The van der Waals surface area contributed by atoms with Crippen molar-refractivity contribution in [1.82, 2.24) is 10.6 Å². The number of hydrogen-bond acceptors (Lipinski definition) is 5. The maximum absolute atomic E-state index is 11.8. The highest BCUT2D eigenvalue weighted by Gasteiger charge is 2.45. The Kier molecular flexibility index (Phi) is 6.15. The molecule has 2 aliphatic rings. The third-order valence-corrected chi connectivity index (χ3v) is 4.49. The Morgan fingerprint density at radius 2 is 2.29 bits per heavy atom. The van der Waals surface area contributed by atoms with Crippen LogP contribution in [0.4, 0.5) is 0 Å². The van der Waals surface area contributed by atoms with E-state index in [2.05, 4.69) is 15.6 Å². The fraction of sp³-hybridized carbons (Fsp3) is 0.562. The van der Waals surface area contributed by atoms with Gasteiger partial charge in [0.2, 0.25) is 5.91 Å². The van der Waals surface area contributed by atoms with Crippen LogP contribution >= 0.6 is 11.6 Å². The predicted molar refractivity (Wildman–Crippen MR) is 91.2 cm³/mol. The van der Waals surface area contributed by atoms with Crippen molar-refractivity contribution in [3.8, 4) is 0 Å². The van der Waals surface area contributed by atoms with Gasteiger partial charge in [-0.25, -0.2) is 4.79 Å². The van der Waals surface area contributed by atoms with E-state index < -0.39 is 16.9 Å². The Hall–Kier alpha value is -1.70. The molecule has 4 N–H and O–H groups in total. The Labute approximate surface area is 145 Å². The second-order valence-electron chi connectivity index (χ2n) is 6.03. The van der Waals surface area contributed by atoms with Gasteiger partial charge in [0, 0.05) is 32.6 Å². The van der Waals surface area contributed by atoms with Gasteiger partial charge in [0.25, 0.3) is 0 Å². The summed E-state index contributed by atoms with van der Waals surface area (Å²) in [6, 6.07) is 0. The van der Waals surface area contributed by atoms with Crippen LogP contribution in [0.3, 0.4) is 0 Å². The molecular formula is C16H22ClN3O4. The molecule has 1 amide bonds. The van der Waals surface area contributed by atoms with Crippen molar-refractivity contribution in [2.24, 2.45) is 4.99 Å². The number of nitrogens with zero attached hydrogens (tertiary/aromatic N) is 1. The van der Waals surface area contributed by atoms with Crippen molar-refractivity contribution in [3.05, 3.63) is 23.4 Å². The van der Waals surface area contributed by atoms with Gasteiger partial charge in [-0.1, -0.05) is 17.7 Å². The number of alkyl halides is 1. The van der Waals surface area contributed by atoms with E-state index >= 15 is 0 Å². The molecule has 2 aliphatic heterocycles. The molecule has 0 radical (unpaired) electrons. The van der Waals surface area contributed by atoms with Crippen LogP contribution < -0.4 is 10.6 Å². The zero-order valence-corrected chi connectivity index (χ0v) is 14.3. The number of carbonyl (C=O) groups is 2. The molecule has 24 heavy (non-hydrogen) atoms. The minimum absolute atomic E-state index is 0.0740. The number of rotatable bonds is 6. The molecule has 0 aromatic heterocycles. The van der Waals surface area contributed by atoms with Gasteiger partial charge < -0.3 is 20.8 Å². The first-order valence-electron chi connectivity index (χ1n) is 7.84. The number of aliphatic hydroxyl groups excluding tert-OH is 1. The second kappa shape index (κ2) is 7.92. The molecule has 0 aromatic rings. The van der Waals surface area contributed by atoms with E-state index in [1.54, 1.807) is 6.20 Å². The average Bonchev–Trinajstić information content (AvgIpc) is 2.54. The summed E-state index contributed by atoms with van der Waals surface area (Å²) in [5.74, 6) is -1.38. The average molecular weight is 356 g/mol. The number of carbonyl (C=O) groups excluding carboxylic acids is 1. The first-order valence-corrected chi connectivity index (χ1v) is 8.22. The zero-order valence-electron chi connectivity index (χ0n) is 13.5. The molecule has 2 heterocycles. The van der Waals surface area contributed by atoms with Crippen LogP contribution in [0.5, 0.6) is 0 Å². The van der Waals surface area contributed by atoms with E-state index in [1.807, 2.05) is 6.08 Å². The molecule has 1 unspecified atom stereocenters. The number of hydrogen-bond donors (Lipinski definition) is 4. The van der Waals surface area contributed by atoms with Gasteiger partial charge in [-0.2, -0.15) is 0 Å². The van der Waals surface area contributed by atoms with Crippen molar-refractivity contribution < 1.29 is 19.8 Å². The first kappa shape index (κ1) is 18.6. The normalized spacial score (nSPS) is 25.2. The number of aliphatic hydroxyl groups is 1. The molecule has 0 spiro atoms. The van der Waals surface area contributed by atoms with Crippen LogP contribution in [0, 0.1) is 0 Å². The van der Waals surface area contributed by atoms with E-state index in [0.29, 0.717) is 24.3 Å². The fourth-order valence-corrected chi connectivity index (χ4v) is 3.16. The summed E-state index contributed by atoms with van der Waals surface area (Å²) in [6.45, 7) is 2.88. The predicted octanol–water partition coefficient (Wildman–Crippen LogP) is 0.584. The number of carboxylic acids is 1. The SMILES string of the molecule is CC(=O)NC[C@H](O)CC1=CN=C(C2=CCNCC2)C(Cl)(C(=O)O)C1. The minimum Gasteiger partial charge on any atom is -0.480 e. The molecular weight excluding hydrogens is 334 g/mol. The van der Waals surface area contributed by atoms with E-state index in [1.165, 1.54) is 6.92 Å². The smallest absolute Gasteiger partial charge is 0.331 e. The Balaban J connectivity index is 2.17. The van der Waals surface area contributed by atoms with Crippen LogP contribution in [0.25, 0.3) is 0 Å². The monoisotopic (exact) mass is 355 g/mol. The van der Waals surface area contributed by atoms with E-state index in [9.17, 15) is 19.8 Å². The lowest BCUT2D eigenvalue weighted by Crippen LogP contribution is -2.45. The number of halogens is 1. The standard InChI is InChI=1S/C16H22ClN3O4/c1-10(21)19-9-13(22)6-11-7-16(17,15(23)24)14(20-8-11)12-2-4-18-5-3-12/h2,8,13,18,22H,3-7,9H2,1H3,(H,19,21)(H,23,24)/t13-,16?/m1/s1. The summed E-state index contributed by atoms with van der Waals surface area (Å²) in [5.41, 5.74) is 1.86. The highest BCUT2D eigenvalue weighted by atomic mass is 35.5. The molecule has 132 valence electrons. The largest absolute Gasteiger partial charge is 0.480 e. The van der Waals surface area contributed by atoms with E-state index in [-0.39, 0.29) is 25.3 Å². The van der Waals surface area contributed by atoms with Gasteiger partial charge in [0.15, 0.2) is 4.87 Å². The molecule has 8 heteroatoms. The van der Waals surface area contributed by atoms with Crippen molar-refractivity contribution in [2.45, 2.75) is 37.2 Å². The third-order valence-electron chi connectivity index (χ3n) is 4.01. The Morgan fingerprint density at radius 3 is 2.88 bits per heavy atom. The Morgan fingerprint density at radius 1 is 1.54 bits per heavy atom. The zero-order chi connectivity index (χ0) is 17.7. The lowest BCUT2D eigenvalue weighted by Gasteiger charge is -2.31. The lowest BCUT2D eigenvalue weighted by atomic mass is 9.84. The quantitative estimate of drug-likeness (QED) is 0.521. The van der Waals surface area contributed by atoms with Crippen LogP contribution in [0.2, 0.25) is 0 Å². The molecule has 0 fully saturated rings. The van der Waals surface area contributed by atoms with E-state index in [0.717, 1.165) is 12.1 Å². The molecule has 0 bridgehead atoms. The fourth-order valence-electron chi connectivity index (χ4n) is 2.81. The highest BCUT2D eigenvalue weighted by Crippen LogP contribution is 2.36. The third kappa shape index (κ3) is 4.43. The van der Waals surface area contributed by atoms with Crippen LogP contribution in [-0.4, -0.2) is 58.4 Å². The highest BCUT2D eigenvalue weighted by molar-refractivity contribution is 6.49. The lowest BCUT2D eigenvalue weighted by molar-refractivity contribution is -0.138. The first-order chi connectivity index (χ1) is 11.3. The number of aliphatic imine (C=N–C) groups is 1. The molecule has 0 saturated carbocycles. The van der Waals surface area contributed by atoms with Crippen LogP contribution in [-0.2, 0) is 9.59 Å². The molecule has 2 rings (SSSR count). The summed E-state index contributed by atoms with van der Waals surface area (Å²) in [4.78, 5) is 25.3. The summed E-state index contributed by atoms with van der Waals surface area (Å²) in [5, 5.41) is 25.3. The molecule has 7 nitrogen and oxygen atoms in total. The molecule has 0 aliphatic carbocycles. The maximum Gasteiger partial charge on any atom is 0.331 e. The van der Waals surface area contributed by atoms with Crippen molar-refractivity contribution in [1.29, 1.82) is 0 Å². The summed E-state index contributed by atoms with van der Waals surface area (Å²) >= 11 is 6.43.